The topological polar surface area (TPSA) is 80.0 Å². The van der Waals surface area contributed by atoms with E-state index in [1.807, 2.05) is 19.1 Å². The molecule has 0 aliphatic carbocycles. The van der Waals surface area contributed by atoms with Crippen LogP contribution in [0, 0.1) is 0 Å². The van der Waals surface area contributed by atoms with Crippen molar-refractivity contribution in [3.63, 3.8) is 0 Å². The molecule has 0 fully saturated rings. The Morgan fingerprint density at radius 2 is 1.65 bits per heavy atom. The van der Waals surface area contributed by atoms with Crippen molar-refractivity contribution in [2.75, 3.05) is 0 Å². The average molecular weight is 391 g/mol. The fraction of sp³-hybridized carbons (Fsp3) is 0.167. The maximum Gasteiger partial charge on any atom is 0.274 e. The van der Waals surface area contributed by atoms with Crippen LogP contribution in [-0.4, -0.2) is 26.0 Å². The van der Waals surface area contributed by atoms with Crippen LogP contribution in [0.25, 0.3) is 5.69 Å². The van der Waals surface area contributed by atoms with Crippen LogP contribution in [0.4, 0.5) is 0 Å². The van der Waals surface area contributed by atoms with Gasteiger partial charge in [0.2, 0.25) is 0 Å². The summed E-state index contributed by atoms with van der Waals surface area (Å²) in [6, 6.07) is 13.8. The molecule has 2 N–H and O–H groups in total. The van der Waals surface area contributed by atoms with E-state index in [1.54, 1.807) is 36.4 Å². The lowest BCUT2D eigenvalue weighted by atomic mass is 10.1. The van der Waals surface area contributed by atoms with Crippen LogP contribution < -0.4 is 5.32 Å². The minimum atomic E-state index is -0.420. The van der Waals surface area contributed by atoms with Crippen molar-refractivity contribution in [3.05, 3.63) is 75.5 Å². The third-order valence-electron chi connectivity index (χ3n) is 3.82. The van der Waals surface area contributed by atoms with Gasteiger partial charge in [-0.2, -0.15) is 4.80 Å². The molecule has 0 aliphatic rings. The van der Waals surface area contributed by atoms with Gasteiger partial charge in [-0.25, -0.2) is 0 Å². The zero-order valence-electron chi connectivity index (χ0n) is 13.9. The van der Waals surface area contributed by atoms with Crippen LogP contribution in [0.3, 0.4) is 0 Å². The first kappa shape index (κ1) is 18.4. The number of halogens is 2. The average Bonchev–Trinajstić information content (AvgIpc) is 3.07. The lowest BCUT2D eigenvalue weighted by molar-refractivity contribution is 0.0931. The monoisotopic (exact) mass is 390 g/mol. The van der Waals surface area contributed by atoms with E-state index in [9.17, 15) is 9.90 Å². The summed E-state index contributed by atoms with van der Waals surface area (Å²) in [5.74, 6) is -0.420. The van der Waals surface area contributed by atoms with Crippen molar-refractivity contribution in [1.82, 2.24) is 20.3 Å². The second-order valence-corrected chi connectivity index (χ2v) is 6.54. The van der Waals surface area contributed by atoms with E-state index >= 15 is 0 Å². The molecule has 0 aliphatic heterocycles. The molecule has 1 heterocycles. The van der Waals surface area contributed by atoms with Gasteiger partial charge >= 0.3 is 0 Å². The van der Waals surface area contributed by atoms with Crippen molar-refractivity contribution in [2.45, 2.75) is 19.6 Å². The Morgan fingerprint density at radius 3 is 2.23 bits per heavy atom. The number of aromatic nitrogens is 3. The van der Waals surface area contributed by atoms with Gasteiger partial charge in [-0.05, 0) is 48.9 Å². The van der Waals surface area contributed by atoms with Crippen LogP contribution in [0.15, 0.2) is 48.5 Å². The Balaban J connectivity index is 1.82. The van der Waals surface area contributed by atoms with E-state index in [-0.39, 0.29) is 17.4 Å². The molecule has 3 rings (SSSR count). The van der Waals surface area contributed by atoms with Crippen LogP contribution in [-0.2, 0) is 6.61 Å². The van der Waals surface area contributed by atoms with Gasteiger partial charge in [0.15, 0.2) is 5.69 Å². The quantitative estimate of drug-likeness (QED) is 0.697. The van der Waals surface area contributed by atoms with Gasteiger partial charge in [-0.3, -0.25) is 4.79 Å². The lowest BCUT2D eigenvalue weighted by Gasteiger charge is -2.13. The third kappa shape index (κ3) is 4.04. The van der Waals surface area contributed by atoms with Crippen molar-refractivity contribution in [1.29, 1.82) is 0 Å². The number of amides is 1. The van der Waals surface area contributed by atoms with Crippen molar-refractivity contribution in [3.8, 4) is 5.69 Å². The van der Waals surface area contributed by atoms with Crippen molar-refractivity contribution < 1.29 is 9.90 Å². The molecule has 0 bridgehead atoms. The highest BCUT2D eigenvalue weighted by atomic mass is 35.5. The first-order valence-corrected chi connectivity index (χ1v) is 8.63. The van der Waals surface area contributed by atoms with Crippen LogP contribution in [0.2, 0.25) is 10.0 Å². The molecule has 0 spiro atoms. The highest BCUT2D eigenvalue weighted by Crippen LogP contribution is 2.18. The van der Waals surface area contributed by atoms with Gasteiger partial charge in [-0.15, -0.1) is 10.2 Å². The first-order chi connectivity index (χ1) is 12.5. The Hall–Kier alpha value is -2.41. The summed E-state index contributed by atoms with van der Waals surface area (Å²) in [5, 5.41) is 22.0. The number of benzene rings is 2. The van der Waals surface area contributed by atoms with E-state index in [4.69, 9.17) is 23.2 Å². The van der Waals surface area contributed by atoms with Crippen LogP contribution >= 0.6 is 23.2 Å². The molecule has 3 aromatic rings. The molecule has 0 saturated heterocycles. The van der Waals surface area contributed by atoms with Crippen molar-refractivity contribution >= 4 is 29.1 Å². The molecule has 134 valence electrons. The number of aliphatic hydroxyl groups is 1. The molecule has 1 amide bonds. The number of nitrogens with zero attached hydrogens (tertiary/aromatic N) is 3. The summed E-state index contributed by atoms with van der Waals surface area (Å²) in [6.45, 7) is 1.45. The zero-order chi connectivity index (χ0) is 18.7. The van der Waals surface area contributed by atoms with E-state index in [0.717, 1.165) is 5.56 Å². The van der Waals surface area contributed by atoms with Gasteiger partial charge < -0.3 is 10.4 Å². The van der Waals surface area contributed by atoms with Crippen LogP contribution in [0.5, 0.6) is 0 Å². The van der Waals surface area contributed by atoms with E-state index in [1.165, 1.54) is 4.80 Å². The Labute approximate surface area is 160 Å². The summed E-state index contributed by atoms with van der Waals surface area (Å²) in [4.78, 5) is 13.9. The predicted molar refractivity (Wildman–Crippen MR) is 99.6 cm³/mol. The Morgan fingerprint density at radius 1 is 1.08 bits per heavy atom. The van der Waals surface area contributed by atoms with Gasteiger partial charge in [0.25, 0.3) is 5.91 Å². The molecular formula is C18H16Cl2N4O2. The van der Waals surface area contributed by atoms with E-state index < -0.39 is 12.5 Å². The summed E-state index contributed by atoms with van der Waals surface area (Å²) in [7, 11) is 0. The predicted octanol–water partition coefficient (Wildman–Crippen LogP) is 3.56. The fourth-order valence-corrected chi connectivity index (χ4v) is 2.66. The molecule has 26 heavy (non-hydrogen) atoms. The minimum Gasteiger partial charge on any atom is -0.390 e. The van der Waals surface area contributed by atoms with Gasteiger partial charge in [0.1, 0.15) is 5.69 Å². The second kappa shape index (κ2) is 7.86. The minimum absolute atomic E-state index is 0.0725. The number of aliphatic hydroxyl groups excluding tert-OH is 1. The lowest BCUT2D eigenvalue weighted by Crippen LogP contribution is -2.28. The smallest absolute Gasteiger partial charge is 0.274 e. The number of rotatable bonds is 5. The number of hydrogen-bond donors (Lipinski definition) is 2. The van der Waals surface area contributed by atoms with Gasteiger partial charge in [0.05, 0.1) is 18.3 Å². The van der Waals surface area contributed by atoms with E-state index in [0.29, 0.717) is 15.7 Å². The molecule has 2 aromatic carbocycles. The maximum atomic E-state index is 12.6. The largest absolute Gasteiger partial charge is 0.390 e. The highest BCUT2D eigenvalue weighted by Gasteiger charge is 2.20. The van der Waals surface area contributed by atoms with Crippen LogP contribution in [0.1, 0.15) is 34.7 Å². The van der Waals surface area contributed by atoms with E-state index in [2.05, 4.69) is 15.5 Å². The van der Waals surface area contributed by atoms with Gasteiger partial charge in [-0.1, -0.05) is 35.3 Å². The molecule has 0 radical (unpaired) electrons. The number of hydrogen-bond acceptors (Lipinski definition) is 4. The second-order valence-electron chi connectivity index (χ2n) is 5.67. The van der Waals surface area contributed by atoms with Crippen molar-refractivity contribution in [2.24, 2.45) is 0 Å². The number of carbonyl (C=O) groups excluding carboxylic acids is 1. The Kier molecular flexibility index (Phi) is 5.56. The normalized spacial score (nSPS) is 12.0. The molecule has 1 atom stereocenters. The summed E-state index contributed by atoms with van der Waals surface area (Å²) >= 11 is 11.8. The molecule has 1 aromatic heterocycles. The first-order valence-electron chi connectivity index (χ1n) is 7.87. The molecule has 0 saturated carbocycles. The molecule has 6 nitrogen and oxygen atoms in total. The summed E-state index contributed by atoms with van der Waals surface area (Å²) in [6.07, 6.45) is 0. The maximum absolute atomic E-state index is 12.6. The number of nitrogens with one attached hydrogen (secondary N) is 1. The SMILES string of the molecule is C[C@@H](NC(=O)c1nn(-c2ccc(Cl)cc2)nc1CO)c1ccc(Cl)cc1. The number of carbonyl (C=O) groups is 1. The van der Waals surface area contributed by atoms with Gasteiger partial charge in [0, 0.05) is 10.0 Å². The molecule has 8 heteroatoms. The summed E-state index contributed by atoms with van der Waals surface area (Å²) < 4.78 is 0. The summed E-state index contributed by atoms with van der Waals surface area (Å²) in [5.41, 5.74) is 1.80. The standard InChI is InChI=1S/C18H16Cl2N4O2/c1-11(12-2-4-13(19)5-3-12)21-18(26)17-16(10-25)22-24(23-17)15-8-6-14(20)7-9-15/h2-9,11,25H,10H2,1H3,(H,21,26)/t11-/m1/s1. The zero-order valence-corrected chi connectivity index (χ0v) is 15.4. The third-order valence-corrected chi connectivity index (χ3v) is 4.33. The fourth-order valence-electron chi connectivity index (χ4n) is 2.41. The molecular weight excluding hydrogens is 375 g/mol. The molecule has 0 unspecified atom stereocenters. The Bertz CT molecular complexity index is 908. The highest BCUT2D eigenvalue weighted by molar-refractivity contribution is 6.30.